The minimum Gasteiger partial charge on any atom is -0.507 e. The molecule has 296 valence electrons. The van der Waals surface area contributed by atoms with Gasteiger partial charge in [-0.05, 0) is 78.3 Å². The van der Waals surface area contributed by atoms with Crippen LogP contribution in [0.1, 0.15) is 140 Å². The summed E-state index contributed by atoms with van der Waals surface area (Å²) in [7, 11) is 0. The number of phenolic OH excluding ortho intramolecular Hbond substituents is 2. The second kappa shape index (κ2) is 17.3. The number of rotatable bonds is 12. The van der Waals surface area contributed by atoms with E-state index in [1.165, 1.54) is 11.8 Å². The van der Waals surface area contributed by atoms with Crippen molar-refractivity contribution in [3.63, 3.8) is 0 Å². The molecule has 0 atom stereocenters. The summed E-state index contributed by atoms with van der Waals surface area (Å²) >= 11 is 1.51. The standard InChI is InChI=1S/C48H62O6S/c1-45(2,3)35-27-31(28-36(43(35)51)46(4,5)6)25-33-17-13-15-19-39(33)53-41(49)21-23-55-24-22-42(50)54-40-20-16-14-18-34(40)26-32-29-37(47(7,8)9)44(52)38(30-32)48(10,11)12/h13-20,27-30,51-52H,21-26H2,1-12H3. The lowest BCUT2D eigenvalue weighted by atomic mass is 9.78. The minimum atomic E-state index is -0.327. The third kappa shape index (κ3) is 11.9. The molecule has 0 spiro atoms. The third-order valence-electron chi connectivity index (χ3n) is 9.65. The molecule has 7 heteroatoms. The Labute approximate surface area is 334 Å². The molecular formula is C48H62O6S. The molecule has 0 heterocycles. The first kappa shape index (κ1) is 43.5. The highest BCUT2D eigenvalue weighted by atomic mass is 32.2. The predicted molar refractivity (Wildman–Crippen MR) is 227 cm³/mol. The number of esters is 2. The lowest BCUT2D eigenvalue weighted by molar-refractivity contribution is -0.134. The Balaban J connectivity index is 1.33. The minimum absolute atomic E-state index is 0.207. The summed E-state index contributed by atoms with van der Waals surface area (Å²) in [5, 5.41) is 22.3. The number of phenols is 2. The molecule has 0 aromatic heterocycles. The van der Waals surface area contributed by atoms with E-state index >= 15 is 0 Å². The smallest absolute Gasteiger partial charge is 0.312 e. The number of ether oxygens (including phenoxy) is 2. The number of hydrogen-bond donors (Lipinski definition) is 2. The summed E-state index contributed by atoms with van der Waals surface area (Å²) in [6.07, 6.45) is 1.53. The molecule has 4 aromatic carbocycles. The predicted octanol–water partition coefficient (Wildman–Crippen LogP) is 11.5. The molecule has 55 heavy (non-hydrogen) atoms. The van der Waals surface area contributed by atoms with E-state index in [9.17, 15) is 19.8 Å². The second-order valence-electron chi connectivity index (χ2n) is 18.7. The van der Waals surface area contributed by atoms with Crippen LogP contribution in [0.25, 0.3) is 0 Å². The summed E-state index contributed by atoms with van der Waals surface area (Å²) in [6.45, 7) is 25.2. The highest BCUT2D eigenvalue weighted by molar-refractivity contribution is 7.99. The first-order valence-corrected chi connectivity index (χ1v) is 20.5. The number of aromatic hydroxyl groups is 2. The normalized spacial score (nSPS) is 12.4. The van der Waals surface area contributed by atoms with Crippen LogP contribution >= 0.6 is 11.8 Å². The van der Waals surface area contributed by atoms with Crippen molar-refractivity contribution in [2.24, 2.45) is 0 Å². The number of carbonyl (C=O) groups is 2. The SMILES string of the molecule is CC(C)(C)c1cc(Cc2ccccc2OC(=O)CCSCCC(=O)Oc2ccccc2Cc2cc(C(C)(C)C)c(O)c(C(C)(C)C)c2)cc(C(C)(C)C)c1O. The zero-order valence-electron chi connectivity index (χ0n) is 35.1. The van der Waals surface area contributed by atoms with Crippen molar-refractivity contribution in [3.05, 3.63) is 117 Å². The van der Waals surface area contributed by atoms with Crippen LogP contribution in [0.2, 0.25) is 0 Å². The first-order chi connectivity index (χ1) is 25.4. The van der Waals surface area contributed by atoms with E-state index in [2.05, 4.69) is 107 Å². The second-order valence-corrected chi connectivity index (χ2v) is 19.9. The quantitative estimate of drug-likeness (QED) is 0.0842. The maximum Gasteiger partial charge on any atom is 0.312 e. The van der Waals surface area contributed by atoms with Gasteiger partial charge in [-0.1, -0.05) is 144 Å². The van der Waals surface area contributed by atoms with Gasteiger partial charge in [0.25, 0.3) is 0 Å². The molecule has 0 radical (unpaired) electrons. The molecule has 6 nitrogen and oxygen atoms in total. The fourth-order valence-electron chi connectivity index (χ4n) is 6.58. The summed E-state index contributed by atoms with van der Waals surface area (Å²) < 4.78 is 11.7. The van der Waals surface area contributed by atoms with E-state index in [1.807, 2.05) is 48.5 Å². The van der Waals surface area contributed by atoms with E-state index in [-0.39, 0.29) is 46.4 Å². The molecule has 0 unspecified atom stereocenters. The van der Waals surface area contributed by atoms with Gasteiger partial charge < -0.3 is 19.7 Å². The van der Waals surface area contributed by atoms with Gasteiger partial charge in [0.1, 0.15) is 23.0 Å². The van der Waals surface area contributed by atoms with Gasteiger partial charge in [-0.2, -0.15) is 11.8 Å². The van der Waals surface area contributed by atoms with Gasteiger partial charge in [-0.3, -0.25) is 9.59 Å². The van der Waals surface area contributed by atoms with Gasteiger partial charge in [-0.25, -0.2) is 0 Å². The molecule has 0 saturated carbocycles. The molecule has 2 N–H and O–H groups in total. The van der Waals surface area contributed by atoms with E-state index in [4.69, 9.17) is 9.47 Å². The van der Waals surface area contributed by atoms with Crippen LogP contribution in [0, 0.1) is 0 Å². The Morgan fingerprint density at radius 2 is 0.800 bits per heavy atom. The average molecular weight is 767 g/mol. The van der Waals surface area contributed by atoms with Crippen molar-refractivity contribution in [1.29, 1.82) is 0 Å². The van der Waals surface area contributed by atoms with Crippen LogP contribution in [-0.4, -0.2) is 33.7 Å². The third-order valence-corrected chi connectivity index (χ3v) is 10.6. The molecule has 4 aromatic rings. The van der Waals surface area contributed by atoms with Gasteiger partial charge in [0.15, 0.2) is 0 Å². The maximum absolute atomic E-state index is 13.0. The first-order valence-electron chi connectivity index (χ1n) is 19.3. The summed E-state index contributed by atoms with van der Waals surface area (Å²) in [5.41, 5.74) is 6.50. The Hall–Kier alpha value is -4.23. The van der Waals surface area contributed by atoms with E-state index < -0.39 is 0 Å². The summed E-state index contributed by atoms with van der Waals surface area (Å²) in [6, 6.07) is 23.4. The van der Waals surface area contributed by atoms with Crippen molar-refractivity contribution in [3.8, 4) is 23.0 Å². The summed E-state index contributed by atoms with van der Waals surface area (Å²) in [5.74, 6) is 2.11. The van der Waals surface area contributed by atoms with Crippen molar-refractivity contribution in [2.45, 2.75) is 130 Å². The molecule has 0 fully saturated rings. The van der Waals surface area contributed by atoms with Crippen LogP contribution < -0.4 is 9.47 Å². The average Bonchev–Trinajstić information content (AvgIpc) is 3.05. The molecule has 0 aliphatic heterocycles. The zero-order chi connectivity index (χ0) is 40.9. The lowest BCUT2D eigenvalue weighted by Gasteiger charge is -2.28. The van der Waals surface area contributed by atoms with Crippen molar-refractivity contribution in [1.82, 2.24) is 0 Å². The Morgan fingerprint density at radius 3 is 1.09 bits per heavy atom. The van der Waals surface area contributed by atoms with E-state index in [0.717, 1.165) is 44.5 Å². The number of para-hydroxylation sites is 2. The van der Waals surface area contributed by atoms with E-state index in [0.29, 0.717) is 47.3 Å². The van der Waals surface area contributed by atoms with Gasteiger partial charge in [0, 0.05) is 24.3 Å². The molecule has 0 bridgehead atoms. The Morgan fingerprint density at radius 1 is 0.509 bits per heavy atom. The summed E-state index contributed by atoms with van der Waals surface area (Å²) in [4.78, 5) is 25.9. The van der Waals surface area contributed by atoms with Crippen LogP contribution in [0.4, 0.5) is 0 Å². The largest absolute Gasteiger partial charge is 0.507 e. The monoisotopic (exact) mass is 766 g/mol. The van der Waals surface area contributed by atoms with Crippen molar-refractivity contribution >= 4 is 23.7 Å². The van der Waals surface area contributed by atoms with Crippen LogP contribution in [0.15, 0.2) is 72.8 Å². The van der Waals surface area contributed by atoms with Gasteiger partial charge in [-0.15, -0.1) is 0 Å². The lowest BCUT2D eigenvalue weighted by Crippen LogP contribution is -2.18. The maximum atomic E-state index is 13.0. The molecule has 0 aliphatic carbocycles. The van der Waals surface area contributed by atoms with Crippen LogP contribution in [-0.2, 0) is 44.1 Å². The number of hydrogen-bond acceptors (Lipinski definition) is 7. The molecule has 0 aliphatic rings. The van der Waals surface area contributed by atoms with Gasteiger partial charge >= 0.3 is 11.9 Å². The Bertz CT molecular complexity index is 1770. The van der Waals surface area contributed by atoms with Crippen LogP contribution in [0.5, 0.6) is 23.0 Å². The molecule has 0 saturated heterocycles. The van der Waals surface area contributed by atoms with Gasteiger partial charge in [0.05, 0.1) is 12.8 Å². The molecular weight excluding hydrogens is 705 g/mol. The topological polar surface area (TPSA) is 93.1 Å². The van der Waals surface area contributed by atoms with Crippen LogP contribution in [0.3, 0.4) is 0 Å². The molecule has 4 rings (SSSR count). The number of carbonyl (C=O) groups excluding carboxylic acids is 2. The molecule has 0 amide bonds. The zero-order valence-corrected chi connectivity index (χ0v) is 35.9. The highest BCUT2D eigenvalue weighted by Gasteiger charge is 2.28. The number of benzene rings is 4. The van der Waals surface area contributed by atoms with Gasteiger partial charge in [0.2, 0.25) is 0 Å². The number of thioether (sulfide) groups is 1. The fourth-order valence-corrected chi connectivity index (χ4v) is 7.40. The fraction of sp³-hybridized carbons (Fsp3) is 0.458. The van der Waals surface area contributed by atoms with Crippen molar-refractivity contribution < 1.29 is 29.3 Å². The Kier molecular flexibility index (Phi) is 13.7. The van der Waals surface area contributed by atoms with Crippen molar-refractivity contribution in [2.75, 3.05) is 11.5 Å². The highest BCUT2D eigenvalue weighted by Crippen LogP contribution is 2.42. The van der Waals surface area contributed by atoms with E-state index in [1.54, 1.807) is 0 Å².